The summed E-state index contributed by atoms with van der Waals surface area (Å²) in [4.78, 5) is 28.6. The first kappa shape index (κ1) is 28.0. The number of nitriles is 1. The third-order valence-corrected chi connectivity index (χ3v) is 7.90. The molecule has 1 N–H and O–H groups in total. The maximum Gasteiger partial charge on any atom is 0.270 e. The number of hydrogen-bond donors (Lipinski definition) is 1. The smallest absolute Gasteiger partial charge is 0.270 e. The zero-order valence-electron chi connectivity index (χ0n) is 20.9. The van der Waals surface area contributed by atoms with E-state index in [0.29, 0.717) is 50.8 Å². The van der Waals surface area contributed by atoms with Crippen LogP contribution in [0.15, 0.2) is 34.0 Å². The van der Waals surface area contributed by atoms with Gasteiger partial charge in [-0.1, -0.05) is 86.9 Å². The van der Waals surface area contributed by atoms with Gasteiger partial charge in [0.2, 0.25) is 0 Å². The van der Waals surface area contributed by atoms with Crippen molar-refractivity contribution in [2.75, 3.05) is 11.9 Å². The van der Waals surface area contributed by atoms with E-state index in [1.807, 2.05) is 31.2 Å². The minimum Gasteiger partial charge on any atom is -0.367 e. The number of anilines is 1. The summed E-state index contributed by atoms with van der Waals surface area (Å²) in [5, 5.41) is 13.8. The number of thioether (sulfide) groups is 1. The number of nitrogens with one attached hydrogen (secondary N) is 1. The van der Waals surface area contributed by atoms with Gasteiger partial charge in [-0.25, -0.2) is 0 Å². The second-order valence-electron chi connectivity index (χ2n) is 8.67. The van der Waals surface area contributed by atoms with E-state index in [-0.39, 0.29) is 17.0 Å². The van der Waals surface area contributed by atoms with E-state index >= 15 is 0 Å². The van der Waals surface area contributed by atoms with Gasteiger partial charge in [0.15, 0.2) is 0 Å². The predicted molar refractivity (Wildman–Crippen MR) is 153 cm³/mol. The van der Waals surface area contributed by atoms with Crippen LogP contribution in [0.1, 0.15) is 68.2 Å². The highest BCUT2D eigenvalue weighted by Gasteiger charge is 2.32. The number of unbranched alkanes of at least 4 members (excludes halogenated alkanes) is 3. The molecule has 0 spiro atoms. The SMILES string of the molecule is CCCCCN1C(=O)/C(=C\c2c(C)c(C#N)c(=O)n(CCCC)c2NCc2ccccc2Cl)SC1=S. The molecule has 1 saturated heterocycles. The van der Waals surface area contributed by atoms with Crippen LogP contribution < -0.4 is 10.9 Å². The van der Waals surface area contributed by atoms with Gasteiger partial charge < -0.3 is 5.32 Å². The quantitative estimate of drug-likeness (QED) is 0.199. The van der Waals surface area contributed by atoms with E-state index in [4.69, 9.17) is 23.8 Å². The zero-order chi connectivity index (χ0) is 26.2. The highest BCUT2D eigenvalue weighted by atomic mass is 35.5. The van der Waals surface area contributed by atoms with Gasteiger partial charge >= 0.3 is 0 Å². The highest BCUT2D eigenvalue weighted by Crippen LogP contribution is 2.35. The van der Waals surface area contributed by atoms with Gasteiger partial charge in [-0.05, 0) is 43.0 Å². The maximum atomic E-state index is 13.3. The van der Waals surface area contributed by atoms with E-state index in [1.54, 1.807) is 22.5 Å². The van der Waals surface area contributed by atoms with Crippen LogP contribution in [0.5, 0.6) is 0 Å². The van der Waals surface area contributed by atoms with Crippen LogP contribution in [0.2, 0.25) is 5.02 Å². The van der Waals surface area contributed by atoms with Gasteiger partial charge in [0, 0.05) is 30.2 Å². The molecule has 0 saturated carbocycles. The molecule has 0 radical (unpaired) electrons. The van der Waals surface area contributed by atoms with E-state index in [2.05, 4.69) is 18.3 Å². The van der Waals surface area contributed by atoms with Crippen LogP contribution >= 0.6 is 35.6 Å². The van der Waals surface area contributed by atoms with Gasteiger partial charge in [-0.2, -0.15) is 5.26 Å². The molecule has 9 heteroatoms. The summed E-state index contributed by atoms with van der Waals surface area (Å²) >= 11 is 13.1. The number of carbonyl (C=O) groups is 1. The number of thiocarbonyl (C=S) groups is 1. The van der Waals surface area contributed by atoms with Gasteiger partial charge in [0.05, 0.1) is 4.91 Å². The Labute approximate surface area is 227 Å². The van der Waals surface area contributed by atoms with E-state index in [9.17, 15) is 14.9 Å². The largest absolute Gasteiger partial charge is 0.367 e. The minimum atomic E-state index is -0.339. The molecule has 0 bridgehead atoms. The van der Waals surface area contributed by atoms with Crippen molar-refractivity contribution in [2.45, 2.75) is 66.0 Å². The fourth-order valence-corrected chi connectivity index (χ4v) is 5.54. The van der Waals surface area contributed by atoms with Gasteiger partial charge in [0.1, 0.15) is 21.8 Å². The normalized spacial score (nSPS) is 14.5. The summed E-state index contributed by atoms with van der Waals surface area (Å²) < 4.78 is 2.14. The number of nitrogens with zero attached hydrogens (tertiary/aromatic N) is 3. The Kier molecular flexibility index (Phi) is 10.2. The summed E-state index contributed by atoms with van der Waals surface area (Å²) in [6.07, 6.45) is 6.40. The fourth-order valence-electron chi connectivity index (χ4n) is 4.05. The number of amides is 1. The van der Waals surface area contributed by atoms with Crippen molar-refractivity contribution in [3.05, 3.63) is 66.8 Å². The van der Waals surface area contributed by atoms with E-state index < -0.39 is 0 Å². The molecule has 0 unspecified atom stereocenters. The lowest BCUT2D eigenvalue weighted by atomic mass is 10.0. The number of aromatic nitrogens is 1. The molecule has 6 nitrogen and oxygen atoms in total. The first-order valence-corrected chi connectivity index (χ1v) is 13.8. The Morgan fingerprint density at radius 1 is 1.14 bits per heavy atom. The third-order valence-electron chi connectivity index (χ3n) is 6.15. The van der Waals surface area contributed by atoms with E-state index in [1.165, 1.54) is 11.8 Å². The van der Waals surface area contributed by atoms with E-state index in [0.717, 1.165) is 37.7 Å². The molecule has 1 fully saturated rings. The number of hydrogen-bond acceptors (Lipinski definition) is 6. The summed E-state index contributed by atoms with van der Waals surface area (Å²) in [6, 6.07) is 9.58. The first-order chi connectivity index (χ1) is 17.3. The minimum absolute atomic E-state index is 0.0825. The zero-order valence-corrected chi connectivity index (χ0v) is 23.3. The molecule has 2 heterocycles. The van der Waals surface area contributed by atoms with Gasteiger partial charge in [-0.15, -0.1) is 0 Å². The van der Waals surface area contributed by atoms with Crippen LogP contribution in [-0.2, 0) is 17.9 Å². The van der Waals surface area contributed by atoms with Crippen molar-refractivity contribution in [1.29, 1.82) is 5.26 Å². The van der Waals surface area contributed by atoms with Crippen LogP contribution in [0.3, 0.4) is 0 Å². The van der Waals surface area contributed by atoms with Crippen molar-refractivity contribution in [3.63, 3.8) is 0 Å². The number of rotatable bonds is 11. The van der Waals surface area contributed by atoms with Crippen molar-refractivity contribution in [2.24, 2.45) is 0 Å². The van der Waals surface area contributed by atoms with Crippen molar-refractivity contribution >= 4 is 57.7 Å². The van der Waals surface area contributed by atoms with Crippen LogP contribution in [-0.4, -0.2) is 26.2 Å². The van der Waals surface area contributed by atoms with Crippen LogP contribution in [0, 0.1) is 18.3 Å². The average Bonchev–Trinajstić information content (AvgIpc) is 3.12. The molecule has 36 heavy (non-hydrogen) atoms. The van der Waals surface area contributed by atoms with Crippen molar-refractivity contribution in [3.8, 4) is 6.07 Å². The Bertz CT molecular complexity index is 1280. The van der Waals surface area contributed by atoms with Crippen molar-refractivity contribution in [1.82, 2.24) is 9.47 Å². The highest BCUT2D eigenvalue weighted by molar-refractivity contribution is 8.26. The van der Waals surface area contributed by atoms with Crippen LogP contribution in [0.4, 0.5) is 5.82 Å². The van der Waals surface area contributed by atoms with Gasteiger partial charge in [0.25, 0.3) is 11.5 Å². The number of benzene rings is 1. The second-order valence-corrected chi connectivity index (χ2v) is 10.8. The summed E-state index contributed by atoms with van der Waals surface area (Å²) in [5.41, 5.74) is 1.80. The molecule has 0 atom stereocenters. The first-order valence-electron chi connectivity index (χ1n) is 12.2. The maximum absolute atomic E-state index is 13.3. The monoisotopic (exact) mass is 542 g/mol. The molecule has 1 aliphatic heterocycles. The van der Waals surface area contributed by atoms with Crippen LogP contribution in [0.25, 0.3) is 6.08 Å². The number of carbonyl (C=O) groups excluding carboxylic acids is 1. The summed E-state index contributed by atoms with van der Waals surface area (Å²) in [5.74, 6) is 0.434. The number of pyridine rings is 1. The second kappa shape index (κ2) is 13.1. The molecule has 2 aromatic rings. The molecular weight excluding hydrogens is 512 g/mol. The predicted octanol–water partition coefficient (Wildman–Crippen LogP) is 6.49. The number of halogens is 1. The standard InChI is InChI=1S/C27H31ClN4O2S2/c1-4-6-10-14-32-26(34)23(36-27(32)35)15-20-18(3)21(16-29)25(33)31(13-7-5-2)24(20)30-17-19-11-8-9-12-22(19)28/h8-9,11-12,15,30H,4-7,10,13-14,17H2,1-3H3/b23-15+. The lowest BCUT2D eigenvalue weighted by molar-refractivity contribution is -0.122. The molecule has 1 aromatic carbocycles. The Morgan fingerprint density at radius 3 is 2.53 bits per heavy atom. The lowest BCUT2D eigenvalue weighted by Crippen LogP contribution is -2.29. The Morgan fingerprint density at radius 2 is 1.86 bits per heavy atom. The molecule has 3 rings (SSSR count). The summed E-state index contributed by atoms with van der Waals surface area (Å²) in [7, 11) is 0. The molecule has 1 amide bonds. The van der Waals surface area contributed by atoms with Gasteiger partial charge in [-0.3, -0.25) is 19.1 Å². The topological polar surface area (TPSA) is 78.1 Å². The fraction of sp³-hybridized carbons (Fsp3) is 0.407. The Balaban J connectivity index is 2.11. The molecule has 190 valence electrons. The molecule has 0 aliphatic carbocycles. The lowest BCUT2D eigenvalue weighted by Gasteiger charge is -2.20. The molecular formula is C27H31ClN4O2S2. The van der Waals surface area contributed by atoms with Crippen molar-refractivity contribution < 1.29 is 4.79 Å². The Hall–Kier alpha value is -2.60. The third kappa shape index (κ3) is 6.20. The average molecular weight is 543 g/mol. The molecule has 1 aromatic heterocycles. The molecule has 1 aliphatic rings. The summed E-state index contributed by atoms with van der Waals surface area (Å²) in [6.45, 7) is 7.34.